The first kappa shape index (κ1) is 14.4. The third-order valence-corrected chi connectivity index (χ3v) is 7.35. The van der Waals surface area contributed by atoms with Crippen LogP contribution < -0.4 is 0 Å². The lowest BCUT2D eigenvalue weighted by Gasteiger charge is -2.36. The Labute approximate surface area is 93.3 Å². The Hall–Kier alpha value is -0.613. The van der Waals surface area contributed by atoms with Gasteiger partial charge in [-0.15, -0.1) is 0 Å². The molecule has 0 aliphatic rings. The van der Waals surface area contributed by atoms with Crippen molar-refractivity contribution in [3.05, 3.63) is 12.2 Å². The molecular weight excluding hydrogens is 208 g/mol. The SMILES string of the molecule is CC(C)(C)[Si](C)(C)OCC/C=C/C(=O)O. The van der Waals surface area contributed by atoms with E-state index in [1.54, 1.807) is 6.08 Å². The van der Waals surface area contributed by atoms with Crippen molar-refractivity contribution >= 4 is 14.3 Å². The highest BCUT2D eigenvalue weighted by Gasteiger charge is 2.36. The summed E-state index contributed by atoms with van der Waals surface area (Å²) < 4.78 is 5.87. The average Bonchev–Trinajstić information content (AvgIpc) is 2.00. The fourth-order valence-corrected chi connectivity index (χ4v) is 1.84. The molecule has 15 heavy (non-hydrogen) atoms. The second kappa shape index (κ2) is 5.46. The van der Waals surface area contributed by atoms with Gasteiger partial charge in [0, 0.05) is 12.7 Å². The second-order valence-corrected chi connectivity index (χ2v) is 9.95. The lowest BCUT2D eigenvalue weighted by Crippen LogP contribution is -2.40. The molecule has 0 aliphatic heterocycles. The van der Waals surface area contributed by atoms with Gasteiger partial charge in [0.15, 0.2) is 8.32 Å². The maximum Gasteiger partial charge on any atom is 0.327 e. The molecule has 4 heteroatoms. The zero-order chi connectivity index (χ0) is 12.1. The standard InChI is InChI=1S/C11H22O3Si/c1-11(2,3)15(4,5)14-9-7-6-8-10(12)13/h6,8H,7,9H2,1-5H3,(H,12,13)/b8-6+. The monoisotopic (exact) mass is 230 g/mol. The minimum atomic E-state index is -1.66. The van der Waals surface area contributed by atoms with Crippen molar-refractivity contribution in [3.63, 3.8) is 0 Å². The van der Waals surface area contributed by atoms with Gasteiger partial charge in [-0.25, -0.2) is 4.79 Å². The van der Waals surface area contributed by atoms with E-state index in [4.69, 9.17) is 9.53 Å². The van der Waals surface area contributed by atoms with Crippen molar-refractivity contribution in [2.45, 2.75) is 45.3 Å². The Balaban J connectivity index is 3.91. The highest BCUT2D eigenvalue weighted by atomic mass is 28.4. The molecule has 0 aromatic rings. The third kappa shape index (κ3) is 5.74. The van der Waals surface area contributed by atoms with Gasteiger partial charge in [-0.2, -0.15) is 0 Å². The van der Waals surface area contributed by atoms with Crippen LogP contribution in [0.1, 0.15) is 27.2 Å². The molecule has 0 saturated heterocycles. The lowest BCUT2D eigenvalue weighted by atomic mass is 10.2. The molecule has 0 saturated carbocycles. The minimum Gasteiger partial charge on any atom is -0.478 e. The van der Waals surface area contributed by atoms with Gasteiger partial charge in [0.2, 0.25) is 0 Å². The van der Waals surface area contributed by atoms with E-state index in [0.717, 1.165) is 6.08 Å². The zero-order valence-corrected chi connectivity index (χ0v) is 11.3. The molecule has 0 amide bonds. The quantitative estimate of drug-likeness (QED) is 0.448. The molecule has 0 heterocycles. The number of carbonyl (C=O) groups is 1. The van der Waals surface area contributed by atoms with Crippen LogP contribution in [0.2, 0.25) is 18.1 Å². The van der Waals surface area contributed by atoms with Crippen molar-refractivity contribution in [1.29, 1.82) is 0 Å². The summed E-state index contributed by atoms with van der Waals surface area (Å²) in [5.74, 6) is -0.901. The van der Waals surface area contributed by atoms with E-state index in [1.807, 2.05) is 0 Å². The van der Waals surface area contributed by atoms with Gasteiger partial charge in [-0.1, -0.05) is 26.8 Å². The van der Waals surface area contributed by atoms with E-state index in [2.05, 4.69) is 33.9 Å². The lowest BCUT2D eigenvalue weighted by molar-refractivity contribution is -0.131. The summed E-state index contributed by atoms with van der Waals surface area (Å²) >= 11 is 0. The molecule has 0 aromatic heterocycles. The summed E-state index contributed by atoms with van der Waals surface area (Å²) in [6.45, 7) is 11.5. The first-order valence-corrected chi connectivity index (χ1v) is 8.11. The first-order valence-electron chi connectivity index (χ1n) is 5.20. The molecule has 1 N–H and O–H groups in total. The topological polar surface area (TPSA) is 46.5 Å². The second-order valence-electron chi connectivity index (χ2n) is 5.14. The van der Waals surface area contributed by atoms with E-state index in [-0.39, 0.29) is 5.04 Å². The fourth-order valence-electron chi connectivity index (χ4n) is 0.783. The summed E-state index contributed by atoms with van der Waals surface area (Å²) in [4.78, 5) is 10.2. The van der Waals surface area contributed by atoms with Gasteiger partial charge in [-0.05, 0) is 24.6 Å². The van der Waals surface area contributed by atoms with Crippen LogP contribution in [0.25, 0.3) is 0 Å². The maximum atomic E-state index is 10.2. The molecule has 0 aromatic carbocycles. The number of aliphatic carboxylic acids is 1. The van der Waals surface area contributed by atoms with Gasteiger partial charge in [-0.3, -0.25) is 0 Å². The molecule has 0 aliphatic carbocycles. The smallest absolute Gasteiger partial charge is 0.327 e. The van der Waals surface area contributed by atoms with E-state index in [1.165, 1.54) is 0 Å². The summed E-state index contributed by atoms with van der Waals surface area (Å²) in [6.07, 6.45) is 3.46. The number of hydrogen-bond acceptors (Lipinski definition) is 2. The predicted octanol–water partition coefficient (Wildman–Crippen LogP) is 3.04. The third-order valence-electron chi connectivity index (χ3n) is 2.81. The van der Waals surface area contributed by atoms with E-state index in [9.17, 15) is 4.79 Å². The van der Waals surface area contributed by atoms with Gasteiger partial charge in [0.1, 0.15) is 0 Å². The van der Waals surface area contributed by atoms with Crippen LogP contribution in [-0.4, -0.2) is 26.0 Å². The Bertz CT molecular complexity index is 239. The van der Waals surface area contributed by atoms with Crippen molar-refractivity contribution < 1.29 is 14.3 Å². The Kier molecular flexibility index (Phi) is 5.24. The molecule has 0 unspecified atom stereocenters. The number of hydrogen-bond donors (Lipinski definition) is 1. The molecule has 0 rings (SSSR count). The van der Waals surface area contributed by atoms with E-state index in [0.29, 0.717) is 13.0 Å². The summed E-state index contributed by atoms with van der Waals surface area (Å²) in [5, 5.41) is 8.59. The van der Waals surface area contributed by atoms with Gasteiger partial charge in [0.05, 0.1) is 0 Å². The van der Waals surface area contributed by atoms with Crippen LogP contribution in [0.3, 0.4) is 0 Å². The summed E-state index contributed by atoms with van der Waals surface area (Å²) in [7, 11) is -1.66. The van der Waals surface area contributed by atoms with Gasteiger partial charge >= 0.3 is 5.97 Å². The van der Waals surface area contributed by atoms with Crippen molar-refractivity contribution in [2.75, 3.05) is 6.61 Å². The summed E-state index contributed by atoms with van der Waals surface area (Å²) in [6, 6.07) is 0. The van der Waals surface area contributed by atoms with Crippen LogP contribution in [0.15, 0.2) is 12.2 Å². The Morgan fingerprint density at radius 1 is 1.40 bits per heavy atom. The first-order chi connectivity index (χ1) is 6.67. The van der Waals surface area contributed by atoms with E-state index < -0.39 is 14.3 Å². The highest BCUT2D eigenvalue weighted by Crippen LogP contribution is 2.36. The molecule has 3 nitrogen and oxygen atoms in total. The number of carboxylic acid groups (broad SMARTS) is 1. The van der Waals surface area contributed by atoms with Crippen molar-refractivity contribution in [1.82, 2.24) is 0 Å². The molecule has 0 bridgehead atoms. The number of carboxylic acids is 1. The maximum absolute atomic E-state index is 10.2. The largest absolute Gasteiger partial charge is 0.478 e. The average molecular weight is 230 g/mol. The fraction of sp³-hybridized carbons (Fsp3) is 0.727. The van der Waals surface area contributed by atoms with Crippen LogP contribution in [-0.2, 0) is 9.22 Å². The van der Waals surface area contributed by atoms with Crippen LogP contribution >= 0.6 is 0 Å². The molecule has 88 valence electrons. The predicted molar refractivity (Wildman–Crippen MR) is 64.5 cm³/mol. The highest BCUT2D eigenvalue weighted by molar-refractivity contribution is 6.74. The number of rotatable bonds is 5. The molecule has 0 radical (unpaired) electrons. The molecule has 0 atom stereocenters. The minimum absolute atomic E-state index is 0.212. The zero-order valence-electron chi connectivity index (χ0n) is 10.3. The van der Waals surface area contributed by atoms with Crippen molar-refractivity contribution in [2.24, 2.45) is 0 Å². The Morgan fingerprint density at radius 2 is 1.93 bits per heavy atom. The van der Waals surface area contributed by atoms with Crippen LogP contribution in [0.4, 0.5) is 0 Å². The molecular formula is C11H22O3Si. The van der Waals surface area contributed by atoms with Gasteiger partial charge in [0.25, 0.3) is 0 Å². The van der Waals surface area contributed by atoms with Crippen LogP contribution in [0.5, 0.6) is 0 Å². The van der Waals surface area contributed by atoms with Gasteiger partial charge < -0.3 is 9.53 Å². The molecule has 0 fully saturated rings. The Morgan fingerprint density at radius 3 is 2.33 bits per heavy atom. The normalized spacial score (nSPS) is 13.4. The summed E-state index contributed by atoms with van der Waals surface area (Å²) in [5.41, 5.74) is 0. The van der Waals surface area contributed by atoms with Crippen molar-refractivity contribution in [3.8, 4) is 0 Å². The molecule has 0 spiro atoms. The van der Waals surface area contributed by atoms with Crippen LogP contribution in [0, 0.1) is 0 Å². The van der Waals surface area contributed by atoms with E-state index >= 15 is 0 Å².